The van der Waals surface area contributed by atoms with Crippen LogP contribution in [0.15, 0.2) is 48.9 Å². The minimum absolute atomic E-state index is 0.552. The van der Waals surface area contributed by atoms with Crippen molar-refractivity contribution in [3.8, 4) is 5.69 Å². The number of anilines is 2. The second-order valence-electron chi connectivity index (χ2n) is 6.09. The number of fused-ring (bicyclic) bond motifs is 1. The van der Waals surface area contributed by atoms with Gasteiger partial charge in [0.05, 0.1) is 17.3 Å². The fourth-order valence-electron chi connectivity index (χ4n) is 2.93. The smallest absolute Gasteiger partial charge is 0.168 e. The van der Waals surface area contributed by atoms with E-state index in [0.717, 1.165) is 28.0 Å². The van der Waals surface area contributed by atoms with E-state index < -0.39 is 0 Å². The number of halogens is 2. The van der Waals surface area contributed by atoms with E-state index in [9.17, 15) is 0 Å². The molecule has 130 valence electrons. The van der Waals surface area contributed by atoms with E-state index in [-0.39, 0.29) is 0 Å². The van der Waals surface area contributed by atoms with Crippen LogP contribution in [0.5, 0.6) is 0 Å². The van der Waals surface area contributed by atoms with E-state index in [4.69, 9.17) is 23.2 Å². The van der Waals surface area contributed by atoms with Crippen LogP contribution in [0, 0.1) is 13.8 Å². The van der Waals surface area contributed by atoms with Gasteiger partial charge in [0.2, 0.25) is 0 Å². The summed E-state index contributed by atoms with van der Waals surface area (Å²) in [6.45, 7) is 4.13. The molecule has 0 fully saturated rings. The van der Waals surface area contributed by atoms with Crippen LogP contribution in [0.4, 0.5) is 11.5 Å². The van der Waals surface area contributed by atoms with Crippen LogP contribution in [-0.2, 0) is 0 Å². The maximum atomic E-state index is 6.08. The van der Waals surface area contributed by atoms with Crippen molar-refractivity contribution in [1.29, 1.82) is 0 Å². The van der Waals surface area contributed by atoms with Crippen molar-refractivity contribution in [2.45, 2.75) is 13.8 Å². The molecule has 4 aromatic rings. The molecule has 0 atom stereocenters. The first-order valence-electron chi connectivity index (χ1n) is 8.01. The van der Waals surface area contributed by atoms with Gasteiger partial charge in [-0.15, -0.1) is 0 Å². The van der Waals surface area contributed by atoms with Crippen LogP contribution in [0.3, 0.4) is 0 Å². The van der Waals surface area contributed by atoms with E-state index in [2.05, 4.69) is 46.4 Å². The molecule has 2 aromatic carbocycles. The fourth-order valence-corrected chi connectivity index (χ4v) is 3.45. The summed E-state index contributed by atoms with van der Waals surface area (Å²) in [4.78, 5) is 8.76. The van der Waals surface area contributed by atoms with Gasteiger partial charge < -0.3 is 5.32 Å². The summed E-state index contributed by atoms with van der Waals surface area (Å²) in [6, 6.07) is 11.5. The third-order valence-electron chi connectivity index (χ3n) is 4.07. The van der Waals surface area contributed by atoms with Crippen molar-refractivity contribution < 1.29 is 0 Å². The predicted octanol–water partition coefficient (Wildman–Crippen LogP) is 5.48. The Morgan fingerprint density at radius 2 is 1.73 bits per heavy atom. The number of nitrogens with zero attached hydrogens (tertiary/aromatic N) is 4. The molecule has 2 heterocycles. The van der Waals surface area contributed by atoms with Crippen molar-refractivity contribution >= 4 is 45.7 Å². The molecule has 7 heteroatoms. The standard InChI is InChI=1S/C19H15Cl2N5/c1-11-3-4-17(12(2)5-11)26-19-16(9-24-26)18(22-10-23-19)25-15-7-13(20)6-14(21)8-15/h3-10H,1-2H3,(H,22,23,25). The highest BCUT2D eigenvalue weighted by molar-refractivity contribution is 6.35. The molecule has 0 saturated carbocycles. The maximum Gasteiger partial charge on any atom is 0.168 e. The van der Waals surface area contributed by atoms with E-state index >= 15 is 0 Å². The second kappa shape index (κ2) is 6.59. The van der Waals surface area contributed by atoms with Gasteiger partial charge in [-0.25, -0.2) is 14.6 Å². The first-order chi connectivity index (χ1) is 12.5. The van der Waals surface area contributed by atoms with Gasteiger partial charge in [0, 0.05) is 15.7 Å². The Hall–Kier alpha value is -2.63. The number of hydrogen-bond acceptors (Lipinski definition) is 4. The average molecular weight is 384 g/mol. The van der Waals surface area contributed by atoms with Gasteiger partial charge in [0.15, 0.2) is 5.65 Å². The van der Waals surface area contributed by atoms with Crippen LogP contribution >= 0.6 is 23.2 Å². The Kier molecular flexibility index (Phi) is 4.26. The van der Waals surface area contributed by atoms with Crippen molar-refractivity contribution in [2.24, 2.45) is 0 Å². The van der Waals surface area contributed by atoms with Gasteiger partial charge in [-0.3, -0.25) is 0 Å². The highest BCUT2D eigenvalue weighted by Crippen LogP contribution is 2.28. The molecule has 0 radical (unpaired) electrons. The molecule has 0 aliphatic heterocycles. The van der Waals surface area contributed by atoms with Crippen molar-refractivity contribution in [3.05, 3.63) is 70.1 Å². The summed E-state index contributed by atoms with van der Waals surface area (Å²) in [5.74, 6) is 0.643. The van der Waals surface area contributed by atoms with E-state index in [1.807, 2.05) is 10.7 Å². The fraction of sp³-hybridized carbons (Fsp3) is 0.105. The lowest BCUT2D eigenvalue weighted by atomic mass is 10.1. The number of nitrogens with one attached hydrogen (secondary N) is 1. The van der Waals surface area contributed by atoms with Gasteiger partial charge in [-0.2, -0.15) is 5.10 Å². The average Bonchev–Trinajstić information content (AvgIpc) is 2.99. The largest absolute Gasteiger partial charge is 0.339 e. The number of aromatic nitrogens is 4. The quantitative estimate of drug-likeness (QED) is 0.508. The number of aryl methyl sites for hydroxylation is 2. The third kappa shape index (κ3) is 3.11. The molecule has 0 bridgehead atoms. The second-order valence-corrected chi connectivity index (χ2v) is 6.96. The minimum atomic E-state index is 0.552. The SMILES string of the molecule is Cc1ccc(-n2ncc3c(Nc4cc(Cl)cc(Cl)c4)ncnc32)c(C)c1. The monoisotopic (exact) mass is 383 g/mol. The first-order valence-corrected chi connectivity index (χ1v) is 8.76. The summed E-state index contributed by atoms with van der Waals surface area (Å²) < 4.78 is 1.82. The zero-order valence-electron chi connectivity index (χ0n) is 14.2. The van der Waals surface area contributed by atoms with Gasteiger partial charge in [-0.05, 0) is 43.7 Å². The summed E-state index contributed by atoms with van der Waals surface area (Å²) in [7, 11) is 0. The van der Waals surface area contributed by atoms with Crippen LogP contribution in [-0.4, -0.2) is 19.7 Å². The predicted molar refractivity (Wildman–Crippen MR) is 106 cm³/mol. The Morgan fingerprint density at radius 1 is 0.962 bits per heavy atom. The molecular formula is C19H15Cl2N5. The normalized spacial score (nSPS) is 11.1. The minimum Gasteiger partial charge on any atom is -0.339 e. The van der Waals surface area contributed by atoms with Gasteiger partial charge in [0.1, 0.15) is 12.1 Å². The lowest BCUT2D eigenvalue weighted by molar-refractivity contribution is 0.886. The lowest BCUT2D eigenvalue weighted by Crippen LogP contribution is -2.01. The Morgan fingerprint density at radius 3 is 2.46 bits per heavy atom. The lowest BCUT2D eigenvalue weighted by Gasteiger charge is -2.09. The molecule has 1 N–H and O–H groups in total. The number of benzene rings is 2. The van der Waals surface area contributed by atoms with Crippen molar-refractivity contribution in [2.75, 3.05) is 5.32 Å². The molecule has 26 heavy (non-hydrogen) atoms. The molecule has 0 aliphatic rings. The van der Waals surface area contributed by atoms with Gasteiger partial charge >= 0.3 is 0 Å². The summed E-state index contributed by atoms with van der Waals surface area (Å²) >= 11 is 12.2. The molecule has 0 amide bonds. The van der Waals surface area contributed by atoms with Crippen molar-refractivity contribution in [1.82, 2.24) is 19.7 Å². The summed E-state index contributed by atoms with van der Waals surface area (Å²) in [5, 5.41) is 9.67. The summed E-state index contributed by atoms with van der Waals surface area (Å²) in [6.07, 6.45) is 3.27. The van der Waals surface area contributed by atoms with E-state index in [1.165, 1.54) is 11.9 Å². The molecule has 0 saturated heterocycles. The molecule has 0 unspecified atom stereocenters. The molecule has 2 aromatic heterocycles. The Balaban J connectivity index is 1.80. The van der Waals surface area contributed by atoms with Gasteiger partial charge in [0.25, 0.3) is 0 Å². The number of hydrogen-bond donors (Lipinski definition) is 1. The Bertz CT molecular complexity index is 1100. The molecule has 5 nitrogen and oxygen atoms in total. The van der Waals surface area contributed by atoms with Gasteiger partial charge in [-0.1, -0.05) is 40.9 Å². The van der Waals surface area contributed by atoms with Crippen LogP contribution in [0.25, 0.3) is 16.7 Å². The zero-order valence-corrected chi connectivity index (χ0v) is 15.7. The van der Waals surface area contributed by atoms with Crippen LogP contribution in [0.1, 0.15) is 11.1 Å². The Labute approximate surface area is 160 Å². The van der Waals surface area contributed by atoms with Crippen LogP contribution < -0.4 is 5.32 Å². The zero-order chi connectivity index (χ0) is 18.3. The molecular weight excluding hydrogens is 369 g/mol. The van der Waals surface area contributed by atoms with E-state index in [1.54, 1.807) is 24.4 Å². The topological polar surface area (TPSA) is 55.6 Å². The van der Waals surface area contributed by atoms with E-state index in [0.29, 0.717) is 15.9 Å². The summed E-state index contributed by atoms with van der Waals surface area (Å²) in [5.41, 5.74) is 4.80. The van der Waals surface area contributed by atoms with Crippen molar-refractivity contribution in [3.63, 3.8) is 0 Å². The third-order valence-corrected chi connectivity index (χ3v) is 4.51. The maximum absolute atomic E-state index is 6.08. The molecule has 4 rings (SSSR count). The highest BCUT2D eigenvalue weighted by atomic mass is 35.5. The van der Waals surface area contributed by atoms with Crippen LogP contribution in [0.2, 0.25) is 10.0 Å². The first kappa shape index (κ1) is 16.8. The molecule has 0 aliphatic carbocycles. The highest BCUT2D eigenvalue weighted by Gasteiger charge is 2.13. The molecule has 0 spiro atoms. The number of rotatable bonds is 3.